The number of hydrogen-bond acceptors (Lipinski definition) is 3. The Labute approximate surface area is 113 Å². The Hall–Kier alpha value is -0.410. The summed E-state index contributed by atoms with van der Waals surface area (Å²) in [6, 6.07) is 0.790. The van der Waals surface area contributed by atoms with Crippen molar-refractivity contribution < 1.29 is 0 Å². The van der Waals surface area contributed by atoms with Gasteiger partial charge in [0, 0.05) is 23.7 Å². The first-order chi connectivity index (χ1) is 8.81. The zero-order valence-electron chi connectivity index (χ0n) is 11.1. The molecular formula is C15H22N2S. The second kappa shape index (κ2) is 4.31. The van der Waals surface area contributed by atoms with E-state index in [9.17, 15) is 0 Å². The van der Waals surface area contributed by atoms with Crippen LogP contribution in [-0.2, 0) is 6.54 Å². The van der Waals surface area contributed by atoms with Crippen molar-refractivity contribution in [1.29, 1.82) is 0 Å². The fourth-order valence-electron chi connectivity index (χ4n) is 5.00. The van der Waals surface area contributed by atoms with Crippen molar-refractivity contribution in [3.05, 3.63) is 16.1 Å². The van der Waals surface area contributed by atoms with Gasteiger partial charge in [0.2, 0.25) is 0 Å². The fourth-order valence-corrected chi connectivity index (χ4v) is 5.74. The van der Waals surface area contributed by atoms with Gasteiger partial charge in [0.05, 0.1) is 0 Å². The number of aryl methyl sites for hydroxylation is 1. The molecule has 0 radical (unpaired) electrons. The fraction of sp³-hybridized carbons (Fsp3) is 0.800. The van der Waals surface area contributed by atoms with Crippen LogP contribution in [0.5, 0.6) is 0 Å². The highest BCUT2D eigenvalue weighted by atomic mass is 32.1. The molecule has 3 aliphatic rings. The van der Waals surface area contributed by atoms with Gasteiger partial charge in [0.1, 0.15) is 5.01 Å². The van der Waals surface area contributed by atoms with E-state index in [1.807, 2.05) is 17.5 Å². The van der Waals surface area contributed by atoms with Gasteiger partial charge in [-0.05, 0) is 56.3 Å². The summed E-state index contributed by atoms with van der Waals surface area (Å²) < 4.78 is 0. The van der Waals surface area contributed by atoms with E-state index in [1.165, 1.54) is 42.0 Å². The number of thiazole rings is 1. The quantitative estimate of drug-likeness (QED) is 0.903. The Kier molecular flexibility index (Phi) is 2.73. The predicted molar refractivity (Wildman–Crippen MR) is 74.5 cm³/mol. The van der Waals surface area contributed by atoms with E-state index in [4.69, 9.17) is 0 Å². The van der Waals surface area contributed by atoms with Gasteiger partial charge in [-0.25, -0.2) is 4.98 Å². The summed E-state index contributed by atoms with van der Waals surface area (Å²) in [4.78, 5) is 5.79. The van der Waals surface area contributed by atoms with Crippen molar-refractivity contribution in [2.24, 2.45) is 23.7 Å². The minimum absolute atomic E-state index is 0.790. The molecule has 5 atom stereocenters. The van der Waals surface area contributed by atoms with Gasteiger partial charge >= 0.3 is 0 Å². The maximum absolute atomic E-state index is 4.46. The lowest BCUT2D eigenvalue weighted by atomic mass is 9.79. The average Bonchev–Trinajstić information content (AvgIpc) is 3.08. The molecule has 98 valence electrons. The van der Waals surface area contributed by atoms with E-state index in [2.05, 4.69) is 17.2 Å². The molecule has 5 unspecified atom stereocenters. The monoisotopic (exact) mass is 262 g/mol. The topological polar surface area (TPSA) is 24.9 Å². The van der Waals surface area contributed by atoms with Crippen LogP contribution in [0.25, 0.3) is 0 Å². The van der Waals surface area contributed by atoms with Gasteiger partial charge in [-0.2, -0.15) is 0 Å². The van der Waals surface area contributed by atoms with Crippen LogP contribution in [0.4, 0.5) is 0 Å². The van der Waals surface area contributed by atoms with Crippen LogP contribution in [0.1, 0.15) is 42.0 Å². The van der Waals surface area contributed by atoms with Crippen LogP contribution in [0.3, 0.4) is 0 Å². The zero-order valence-corrected chi connectivity index (χ0v) is 11.9. The standard InChI is InChI=1S/C15H22N2S/c1-9-7-17-15(18-9)8-16-14-6-10-5-13(14)12-4-2-3-11(10)12/h7,10-14,16H,2-6,8H2,1H3. The van der Waals surface area contributed by atoms with Gasteiger partial charge in [0.25, 0.3) is 0 Å². The van der Waals surface area contributed by atoms with Gasteiger partial charge in [-0.1, -0.05) is 6.42 Å². The molecule has 18 heavy (non-hydrogen) atoms. The first-order valence-corrected chi connectivity index (χ1v) is 8.27. The molecule has 1 heterocycles. The predicted octanol–water partition coefficient (Wildman–Crippen LogP) is 3.37. The molecule has 3 aliphatic carbocycles. The molecule has 3 heteroatoms. The molecule has 0 saturated heterocycles. The summed E-state index contributed by atoms with van der Waals surface area (Å²) >= 11 is 1.84. The number of fused-ring (bicyclic) bond motifs is 5. The van der Waals surface area contributed by atoms with Crippen LogP contribution in [0.2, 0.25) is 0 Å². The smallest absolute Gasteiger partial charge is 0.107 e. The van der Waals surface area contributed by atoms with Crippen LogP contribution >= 0.6 is 11.3 Å². The van der Waals surface area contributed by atoms with E-state index in [-0.39, 0.29) is 0 Å². The Morgan fingerprint density at radius 3 is 3.00 bits per heavy atom. The van der Waals surface area contributed by atoms with Gasteiger partial charge in [-0.3, -0.25) is 0 Å². The normalized spacial score (nSPS) is 41.5. The molecule has 3 fully saturated rings. The van der Waals surface area contributed by atoms with Crippen molar-refractivity contribution in [1.82, 2.24) is 10.3 Å². The van der Waals surface area contributed by atoms with Crippen molar-refractivity contribution in [3.63, 3.8) is 0 Å². The first kappa shape index (κ1) is 11.4. The molecule has 2 nitrogen and oxygen atoms in total. The molecule has 0 aliphatic heterocycles. The SMILES string of the molecule is Cc1cnc(CNC2CC3CC2C2CCCC32)s1. The lowest BCUT2D eigenvalue weighted by molar-refractivity contribution is 0.208. The molecule has 0 amide bonds. The van der Waals surface area contributed by atoms with Crippen molar-refractivity contribution in [2.75, 3.05) is 0 Å². The van der Waals surface area contributed by atoms with Crippen LogP contribution in [-0.4, -0.2) is 11.0 Å². The Balaban J connectivity index is 1.39. The van der Waals surface area contributed by atoms with Crippen LogP contribution < -0.4 is 5.32 Å². The highest BCUT2D eigenvalue weighted by Crippen LogP contribution is 2.58. The van der Waals surface area contributed by atoms with Gasteiger partial charge in [0.15, 0.2) is 0 Å². The summed E-state index contributed by atoms with van der Waals surface area (Å²) in [6.07, 6.45) is 9.50. The molecule has 0 spiro atoms. The molecule has 3 saturated carbocycles. The molecular weight excluding hydrogens is 240 g/mol. The second-order valence-electron chi connectivity index (χ2n) is 6.51. The second-order valence-corrected chi connectivity index (χ2v) is 7.83. The molecule has 0 aromatic carbocycles. The van der Waals surface area contributed by atoms with Gasteiger partial charge in [-0.15, -0.1) is 11.3 Å². The molecule has 4 rings (SSSR count). The maximum Gasteiger partial charge on any atom is 0.107 e. The minimum Gasteiger partial charge on any atom is -0.307 e. The maximum atomic E-state index is 4.46. The third-order valence-corrected chi connectivity index (χ3v) is 6.53. The Morgan fingerprint density at radius 2 is 2.17 bits per heavy atom. The van der Waals surface area contributed by atoms with Gasteiger partial charge < -0.3 is 5.32 Å². The Morgan fingerprint density at radius 1 is 1.28 bits per heavy atom. The molecule has 1 N–H and O–H groups in total. The van der Waals surface area contributed by atoms with Crippen molar-refractivity contribution in [2.45, 2.75) is 51.6 Å². The highest BCUT2D eigenvalue weighted by molar-refractivity contribution is 7.11. The summed E-state index contributed by atoms with van der Waals surface area (Å²) in [7, 11) is 0. The third kappa shape index (κ3) is 1.75. The summed E-state index contributed by atoms with van der Waals surface area (Å²) in [5.41, 5.74) is 0. The largest absolute Gasteiger partial charge is 0.307 e. The summed E-state index contributed by atoms with van der Waals surface area (Å²) in [6.45, 7) is 3.13. The molecule has 1 aromatic rings. The number of rotatable bonds is 3. The van der Waals surface area contributed by atoms with Crippen LogP contribution in [0.15, 0.2) is 6.20 Å². The number of hydrogen-bond donors (Lipinski definition) is 1. The molecule has 2 bridgehead atoms. The number of nitrogens with one attached hydrogen (secondary N) is 1. The Bertz CT molecular complexity index is 441. The van der Waals surface area contributed by atoms with E-state index in [0.717, 1.165) is 36.3 Å². The third-order valence-electron chi connectivity index (χ3n) is 5.61. The van der Waals surface area contributed by atoms with Crippen molar-refractivity contribution in [3.8, 4) is 0 Å². The molecule has 1 aromatic heterocycles. The van der Waals surface area contributed by atoms with Crippen LogP contribution in [0, 0.1) is 30.6 Å². The van der Waals surface area contributed by atoms with E-state index in [1.54, 1.807) is 0 Å². The lowest BCUT2D eigenvalue weighted by Gasteiger charge is -2.32. The summed E-state index contributed by atoms with van der Waals surface area (Å²) in [5.74, 6) is 4.22. The minimum atomic E-state index is 0.790. The van der Waals surface area contributed by atoms with Crippen molar-refractivity contribution >= 4 is 11.3 Å². The number of aromatic nitrogens is 1. The first-order valence-electron chi connectivity index (χ1n) is 7.46. The summed E-state index contributed by atoms with van der Waals surface area (Å²) in [5, 5.41) is 5.07. The van der Waals surface area contributed by atoms with E-state index < -0.39 is 0 Å². The zero-order chi connectivity index (χ0) is 12.1. The number of nitrogens with zero attached hydrogens (tertiary/aromatic N) is 1. The van der Waals surface area contributed by atoms with E-state index in [0.29, 0.717) is 0 Å². The average molecular weight is 262 g/mol. The van der Waals surface area contributed by atoms with E-state index >= 15 is 0 Å². The highest BCUT2D eigenvalue weighted by Gasteiger charge is 2.53. The lowest BCUT2D eigenvalue weighted by Crippen LogP contribution is -2.38.